The fraction of sp³-hybridized carbons (Fsp3) is 0.310. The Morgan fingerprint density at radius 1 is 0.795 bits per heavy atom. The molecule has 0 radical (unpaired) electrons. The van der Waals surface area contributed by atoms with Crippen molar-refractivity contribution >= 4 is 17.5 Å². The molecule has 1 fully saturated rings. The van der Waals surface area contributed by atoms with Crippen molar-refractivity contribution < 1.29 is 37.0 Å². The Kier molecular flexibility index (Phi) is 6.88. The van der Waals surface area contributed by atoms with Crippen LogP contribution in [0.2, 0.25) is 0 Å². The molecular formula is C29H27F3N2O5. The molecule has 3 aromatic carbocycles. The van der Waals surface area contributed by atoms with Crippen LogP contribution in [-0.4, -0.2) is 57.7 Å². The van der Waals surface area contributed by atoms with Crippen molar-refractivity contribution in [2.24, 2.45) is 0 Å². The van der Waals surface area contributed by atoms with Gasteiger partial charge in [0.25, 0.3) is 11.8 Å². The second-order valence-electron chi connectivity index (χ2n) is 9.60. The molecule has 5 rings (SSSR count). The van der Waals surface area contributed by atoms with E-state index >= 15 is 0 Å². The van der Waals surface area contributed by atoms with Crippen LogP contribution >= 0.6 is 0 Å². The SMILES string of the molecule is COc1cc(F)c(C(=O)N2CCC3(CC2)CN(C(=O)c2c(F)ccc(OC)c2OC)c2ccccc23)c(F)c1. The normalized spacial score (nSPS) is 15.7. The Labute approximate surface area is 223 Å². The number of likely N-dealkylation sites (tertiary alicyclic amines) is 1. The number of fused-ring (bicyclic) bond motifs is 2. The summed E-state index contributed by atoms with van der Waals surface area (Å²) in [5.41, 5.74) is 0.147. The van der Waals surface area contributed by atoms with Crippen LogP contribution in [-0.2, 0) is 5.41 Å². The highest BCUT2D eigenvalue weighted by Crippen LogP contribution is 2.48. The van der Waals surface area contributed by atoms with Crippen molar-refractivity contribution in [1.29, 1.82) is 0 Å². The highest BCUT2D eigenvalue weighted by molar-refractivity contribution is 6.10. The Morgan fingerprint density at radius 2 is 1.46 bits per heavy atom. The van der Waals surface area contributed by atoms with Gasteiger partial charge in [0.2, 0.25) is 0 Å². The maximum absolute atomic E-state index is 15.0. The molecule has 7 nitrogen and oxygen atoms in total. The number of hydrogen-bond donors (Lipinski definition) is 0. The summed E-state index contributed by atoms with van der Waals surface area (Å²) >= 11 is 0. The summed E-state index contributed by atoms with van der Waals surface area (Å²) in [7, 11) is 4.03. The van der Waals surface area contributed by atoms with Crippen LogP contribution in [0, 0.1) is 17.5 Å². The van der Waals surface area contributed by atoms with E-state index in [4.69, 9.17) is 14.2 Å². The third-order valence-electron chi connectivity index (χ3n) is 7.65. The first kappa shape index (κ1) is 26.4. The Hall–Kier alpha value is -4.21. The lowest BCUT2D eigenvalue weighted by molar-refractivity contribution is 0.0660. The summed E-state index contributed by atoms with van der Waals surface area (Å²) in [4.78, 5) is 29.8. The molecule has 1 saturated heterocycles. The average Bonchev–Trinajstić information content (AvgIpc) is 3.26. The lowest BCUT2D eigenvalue weighted by atomic mass is 9.74. The first-order valence-electron chi connectivity index (χ1n) is 12.4. The molecule has 0 aliphatic carbocycles. The number of rotatable bonds is 5. The fourth-order valence-electron chi connectivity index (χ4n) is 5.64. The zero-order chi connectivity index (χ0) is 27.9. The van der Waals surface area contributed by atoms with E-state index in [0.29, 0.717) is 18.5 Å². The van der Waals surface area contributed by atoms with E-state index in [1.165, 1.54) is 37.2 Å². The molecule has 0 N–H and O–H groups in total. The van der Waals surface area contributed by atoms with Crippen LogP contribution in [0.15, 0.2) is 48.5 Å². The highest BCUT2D eigenvalue weighted by atomic mass is 19.1. The van der Waals surface area contributed by atoms with E-state index < -0.39 is 40.2 Å². The Morgan fingerprint density at radius 3 is 2.08 bits per heavy atom. The van der Waals surface area contributed by atoms with Crippen molar-refractivity contribution in [2.75, 3.05) is 45.9 Å². The van der Waals surface area contributed by atoms with Crippen LogP contribution in [0.3, 0.4) is 0 Å². The fourth-order valence-corrected chi connectivity index (χ4v) is 5.64. The predicted molar refractivity (Wildman–Crippen MR) is 137 cm³/mol. The summed E-state index contributed by atoms with van der Waals surface area (Å²) in [5, 5.41) is 0. The smallest absolute Gasteiger partial charge is 0.265 e. The minimum absolute atomic E-state index is 0.00453. The molecule has 39 heavy (non-hydrogen) atoms. The van der Waals surface area contributed by atoms with Gasteiger partial charge in [-0.1, -0.05) is 18.2 Å². The summed E-state index contributed by atoms with van der Waals surface area (Å²) in [6.07, 6.45) is 0.882. The van der Waals surface area contributed by atoms with Crippen LogP contribution in [0.4, 0.5) is 18.9 Å². The number of halogens is 3. The molecule has 0 bridgehead atoms. The zero-order valence-corrected chi connectivity index (χ0v) is 21.7. The molecular weight excluding hydrogens is 513 g/mol. The lowest BCUT2D eigenvalue weighted by Gasteiger charge is -2.40. The van der Waals surface area contributed by atoms with Crippen molar-refractivity contribution in [2.45, 2.75) is 18.3 Å². The van der Waals surface area contributed by atoms with Gasteiger partial charge >= 0.3 is 0 Å². The second kappa shape index (κ2) is 10.2. The van der Waals surface area contributed by atoms with E-state index in [1.54, 1.807) is 12.1 Å². The van der Waals surface area contributed by atoms with Gasteiger partial charge in [0.05, 0.1) is 21.3 Å². The number of ether oxygens (including phenoxy) is 3. The molecule has 2 aliphatic heterocycles. The number of hydrogen-bond acceptors (Lipinski definition) is 5. The average molecular weight is 541 g/mol. The molecule has 0 saturated carbocycles. The molecule has 3 aromatic rings. The van der Waals surface area contributed by atoms with Gasteiger partial charge in [-0.2, -0.15) is 0 Å². The maximum Gasteiger partial charge on any atom is 0.265 e. The van der Waals surface area contributed by atoms with Gasteiger partial charge < -0.3 is 24.0 Å². The van der Waals surface area contributed by atoms with Gasteiger partial charge in [0.15, 0.2) is 11.5 Å². The van der Waals surface area contributed by atoms with Crippen molar-refractivity contribution in [3.05, 3.63) is 82.7 Å². The van der Waals surface area contributed by atoms with Crippen LogP contribution < -0.4 is 19.1 Å². The molecule has 204 valence electrons. The number of para-hydroxylation sites is 1. The van der Waals surface area contributed by atoms with E-state index in [0.717, 1.165) is 23.8 Å². The van der Waals surface area contributed by atoms with E-state index in [-0.39, 0.29) is 42.4 Å². The topological polar surface area (TPSA) is 68.3 Å². The molecule has 0 atom stereocenters. The van der Waals surface area contributed by atoms with E-state index in [2.05, 4.69) is 0 Å². The quantitative estimate of drug-likeness (QED) is 0.458. The van der Waals surface area contributed by atoms with Gasteiger partial charge in [0.1, 0.15) is 34.3 Å². The number of carbonyl (C=O) groups excluding carboxylic acids is 2. The third-order valence-corrected chi connectivity index (χ3v) is 7.65. The lowest BCUT2D eigenvalue weighted by Crippen LogP contribution is -2.48. The molecule has 10 heteroatoms. The molecule has 2 amide bonds. The minimum atomic E-state index is -0.991. The number of anilines is 1. The second-order valence-corrected chi connectivity index (χ2v) is 9.60. The standard InChI is InChI=1S/C29H27F3N2O5/c1-37-17-14-20(31)24(21(32)15-17)27(35)33-12-10-29(11-13-33)16-34(22-7-5-4-6-18(22)29)28(36)25-19(30)8-9-23(38-2)26(25)39-3/h4-9,14-15H,10-13,16H2,1-3H3. The molecule has 0 unspecified atom stereocenters. The first-order valence-corrected chi connectivity index (χ1v) is 12.4. The zero-order valence-electron chi connectivity index (χ0n) is 21.7. The van der Waals surface area contributed by atoms with Crippen LogP contribution in [0.25, 0.3) is 0 Å². The first-order chi connectivity index (χ1) is 18.7. The number of methoxy groups -OCH3 is 3. The number of nitrogens with zero attached hydrogens (tertiary/aromatic N) is 2. The van der Waals surface area contributed by atoms with Crippen molar-refractivity contribution in [1.82, 2.24) is 4.90 Å². The molecule has 1 spiro atoms. The number of benzene rings is 3. The highest BCUT2D eigenvalue weighted by Gasteiger charge is 2.48. The van der Waals surface area contributed by atoms with Gasteiger partial charge in [-0.25, -0.2) is 13.2 Å². The van der Waals surface area contributed by atoms with E-state index in [1.807, 2.05) is 12.1 Å². The largest absolute Gasteiger partial charge is 0.497 e. The summed E-state index contributed by atoms with van der Waals surface area (Å²) in [6, 6.07) is 11.9. The molecule has 2 heterocycles. The van der Waals surface area contributed by atoms with Crippen molar-refractivity contribution in [3.63, 3.8) is 0 Å². The van der Waals surface area contributed by atoms with Crippen LogP contribution in [0.1, 0.15) is 39.1 Å². The van der Waals surface area contributed by atoms with Gasteiger partial charge in [0, 0.05) is 42.9 Å². The molecule has 0 aromatic heterocycles. The summed E-state index contributed by atoms with van der Waals surface area (Å²) in [6.45, 7) is 0.687. The summed E-state index contributed by atoms with van der Waals surface area (Å²) < 4.78 is 59.6. The molecule has 2 aliphatic rings. The van der Waals surface area contributed by atoms with Crippen LogP contribution in [0.5, 0.6) is 17.2 Å². The Balaban J connectivity index is 1.43. The minimum Gasteiger partial charge on any atom is -0.497 e. The monoisotopic (exact) mass is 540 g/mol. The third kappa shape index (κ3) is 4.33. The van der Waals surface area contributed by atoms with Gasteiger partial charge in [-0.15, -0.1) is 0 Å². The maximum atomic E-state index is 15.0. The van der Waals surface area contributed by atoms with E-state index in [9.17, 15) is 22.8 Å². The number of carbonyl (C=O) groups is 2. The number of amides is 2. The Bertz CT molecular complexity index is 1430. The van der Waals surface area contributed by atoms with Gasteiger partial charge in [-0.05, 0) is 36.6 Å². The predicted octanol–water partition coefficient (Wildman–Crippen LogP) is 4.96. The summed E-state index contributed by atoms with van der Waals surface area (Å²) in [5.74, 6) is -3.82. The van der Waals surface area contributed by atoms with Gasteiger partial charge in [-0.3, -0.25) is 9.59 Å². The number of piperidine rings is 1. The van der Waals surface area contributed by atoms with Crippen molar-refractivity contribution in [3.8, 4) is 17.2 Å².